The van der Waals surface area contributed by atoms with Crippen LogP contribution in [0.1, 0.15) is 48.6 Å². The number of rotatable bonds is 9. The summed E-state index contributed by atoms with van der Waals surface area (Å²) in [5, 5.41) is 14.8. The van der Waals surface area contributed by atoms with Crippen molar-refractivity contribution in [3.05, 3.63) is 66.0 Å². The number of methoxy groups -OCH3 is 1. The summed E-state index contributed by atoms with van der Waals surface area (Å²) < 4.78 is 53.3. The molecule has 3 heterocycles. The second kappa shape index (κ2) is 12.6. The summed E-state index contributed by atoms with van der Waals surface area (Å²) in [4.78, 5) is 23.6. The van der Waals surface area contributed by atoms with E-state index in [9.17, 15) is 23.1 Å². The highest BCUT2D eigenvalue weighted by atomic mass is 19.2. The first-order valence-corrected chi connectivity index (χ1v) is 13.8. The number of piperazine rings is 1. The Bertz CT molecular complexity index is 1350. The van der Waals surface area contributed by atoms with Crippen LogP contribution < -0.4 is 10.1 Å². The monoisotopic (exact) mass is 573 g/mol. The minimum atomic E-state index is -1.45. The number of aliphatic hydroxyl groups is 1. The zero-order valence-electron chi connectivity index (χ0n) is 22.9. The molecule has 1 aliphatic heterocycles. The lowest BCUT2D eigenvalue weighted by atomic mass is 9.80. The number of hydrogen-bond donors (Lipinski definition) is 2. The fourth-order valence-corrected chi connectivity index (χ4v) is 5.90. The number of nitrogens with one attached hydrogen (secondary N) is 1. The van der Waals surface area contributed by atoms with Crippen LogP contribution in [0.4, 0.5) is 13.2 Å². The van der Waals surface area contributed by atoms with Crippen LogP contribution in [0, 0.1) is 17.6 Å². The minimum absolute atomic E-state index is 0.0722. The zero-order valence-corrected chi connectivity index (χ0v) is 22.9. The van der Waals surface area contributed by atoms with E-state index >= 15 is 0 Å². The number of amides is 1. The lowest BCUT2D eigenvalue weighted by Gasteiger charge is -2.41. The number of hydrogen-bond acceptors (Lipinski definition) is 7. The van der Waals surface area contributed by atoms with E-state index in [0.717, 1.165) is 18.4 Å². The molecule has 41 heavy (non-hydrogen) atoms. The van der Waals surface area contributed by atoms with Crippen LogP contribution in [0.3, 0.4) is 0 Å². The van der Waals surface area contributed by atoms with Crippen molar-refractivity contribution in [2.24, 2.45) is 0 Å². The molecule has 12 heteroatoms. The van der Waals surface area contributed by atoms with Gasteiger partial charge in [0, 0.05) is 50.8 Å². The Hall–Kier alpha value is -3.48. The van der Waals surface area contributed by atoms with Crippen LogP contribution in [0.5, 0.6) is 5.88 Å². The number of benzene rings is 1. The van der Waals surface area contributed by atoms with Crippen molar-refractivity contribution in [3.63, 3.8) is 0 Å². The van der Waals surface area contributed by atoms with Crippen LogP contribution in [-0.2, 0) is 4.74 Å². The number of carbonyl (C=O) groups is 1. The summed E-state index contributed by atoms with van der Waals surface area (Å²) >= 11 is 0. The Morgan fingerprint density at radius 1 is 1.20 bits per heavy atom. The third-order valence-electron chi connectivity index (χ3n) is 7.89. The van der Waals surface area contributed by atoms with Crippen LogP contribution >= 0.6 is 0 Å². The summed E-state index contributed by atoms with van der Waals surface area (Å²) in [6, 6.07) is 9.22. The van der Waals surface area contributed by atoms with Crippen molar-refractivity contribution in [2.45, 2.75) is 49.8 Å². The predicted octanol–water partition coefficient (Wildman–Crippen LogP) is 3.74. The molecule has 0 unspecified atom stereocenters. The molecular formula is C29H34F3N5O4. The Balaban J connectivity index is 1.41. The molecule has 1 saturated heterocycles. The average molecular weight is 574 g/mol. The average Bonchev–Trinajstić information content (AvgIpc) is 3.41. The van der Waals surface area contributed by atoms with Gasteiger partial charge in [0.2, 0.25) is 0 Å². The van der Waals surface area contributed by atoms with Crippen LogP contribution in [0.2, 0.25) is 0 Å². The smallest absolute Gasteiger partial charge is 0.275 e. The molecule has 1 saturated carbocycles. The number of halogens is 3. The van der Waals surface area contributed by atoms with Gasteiger partial charge in [-0.2, -0.15) is 9.37 Å². The Labute approximate surface area is 236 Å². The normalized spacial score (nSPS) is 23.0. The molecule has 0 bridgehead atoms. The molecule has 0 radical (unpaired) electrons. The maximum absolute atomic E-state index is 14.1. The van der Waals surface area contributed by atoms with Crippen LogP contribution in [0.15, 0.2) is 42.7 Å². The first kappa shape index (κ1) is 29.0. The molecule has 2 N–H and O–H groups in total. The number of pyridine rings is 1. The summed E-state index contributed by atoms with van der Waals surface area (Å²) in [5.74, 6) is -4.86. The van der Waals surface area contributed by atoms with Crippen LogP contribution in [0.25, 0.3) is 11.3 Å². The lowest BCUT2D eigenvalue weighted by molar-refractivity contribution is -0.0893. The molecule has 1 amide bonds. The van der Waals surface area contributed by atoms with Gasteiger partial charge in [-0.25, -0.2) is 13.8 Å². The topological polar surface area (TPSA) is 102 Å². The van der Waals surface area contributed by atoms with Gasteiger partial charge in [-0.1, -0.05) is 43.2 Å². The van der Waals surface area contributed by atoms with E-state index in [1.807, 2.05) is 34.9 Å². The van der Waals surface area contributed by atoms with E-state index in [2.05, 4.69) is 15.3 Å². The van der Waals surface area contributed by atoms with E-state index in [0.29, 0.717) is 44.2 Å². The van der Waals surface area contributed by atoms with Gasteiger partial charge in [0.1, 0.15) is 5.60 Å². The third kappa shape index (κ3) is 6.09. The van der Waals surface area contributed by atoms with E-state index < -0.39 is 29.1 Å². The number of carbonyl (C=O) groups excluding carboxylic acids is 1. The van der Waals surface area contributed by atoms with Crippen molar-refractivity contribution >= 4 is 5.91 Å². The van der Waals surface area contributed by atoms with Crippen molar-refractivity contribution in [2.75, 3.05) is 40.0 Å². The maximum Gasteiger partial charge on any atom is 0.275 e. The molecule has 0 spiro atoms. The van der Waals surface area contributed by atoms with Crippen molar-refractivity contribution in [3.8, 4) is 17.1 Å². The summed E-state index contributed by atoms with van der Waals surface area (Å²) in [6.07, 6.45) is 5.02. The van der Waals surface area contributed by atoms with Gasteiger partial charge in [-0.05, 0) is 12.8 Å². The van der Waals surface area contributed by atoms with Gasteiger partial charge in [0.15, 0.2) is 17.3 Å². The van der Waals surface area contributed by atoms with Gasteiger partial charge in [-0.3, -0.25) is 4.79 Å². The number of nitrogens with zero attached hydrogens (tertiary/aromatic N) is 4. The van der Waals surface area contributed by atoms with E-state index in [1.165, 1.54) is 0 Å². The fraction of sp³-hybridized carbons (Fsp3) is 0.483. The highest BCUT2D eigenvalue weighted by Gasteiger charge is 2.42. The van der Waals surface area contributed by atoms with E-state index in [-0.39, 0.29) is 43.3 Å². The second-order valence-electron chi connectivity index (χ2n) is 10.6. The zero-order chi connectivity index (χ0) is 29.0. The van der Waals surface area contributed by atoms with Gasteiger partial charge < -0.3 is 29.4 Å². The molecule has 2 aromatic heterocycles. The molecule has 2 fully saturated rings. The quantitative estimate of drug-likeness (QED) is 0.376. The van der Waals surface area contributed by atoms with Crippen LogP contribution in [-0.4, -0.2) is 82.0 Å². The largest absolute Gasteiger partial charge is 0.475 e. The van der Waals surface area contributed by atoms with E-state index in [1.54, 1.807) is 18.3 Å². The van der Waals surface area contributed by atoms with Crippen molar-refractivity contribution in [1.29, 1.82) is 0 Å². The molecule has 2 aliphatic rings. The second-order valence-corrected chi connectivity index (χ2v) is 10.6. The summed E-state index contributed by atoms with van der Waals surface area (Å²) in [7, 11) is 1.57. The molecule has 9 nitrogen and oxygen atoms in total. The van der Waals surface area contributed by atoms with Gasteiger partial charge in [0.25, 0.3) is 17.7 Å². The fourth-order valence-electron chi connectivity index (χ4n) is 5.90. The minimum Gasteiger partial charge on any atom is -0.475 e. The SMILES string of the molecule is COC[C@]1(O)CCCC[C@H]1n1cnc(C(=O)N2CCNC[C@H]2CCOc2nc(F)c(F)cc2F)c1-c1ccccc1. The molecule has 1 aliphatic carbocycles. The van der Waals surface area contributed by atoms with Crippen molar-refractivity contribution < 1.29 is 32.5 Å². The Morgan fingerprint density at radius 2 is 2.00 bits per heavy atom. The predicted molar refractivity (Wildman–Crippen MR) is 144 cm³/mol. The lowest BCUT2D eigenvalue weighted by Crippen LogP contribution is -2.54. The van der Waals surface area contributed by atoms with Gasteiger partial charge >= 0.3 is 0 Å². The van der Waals surface area contributed by atoms with Crippen molar-refractivity contribution in [1.82, 2.24) is 24.8 Å². The first-order chi connectivity index (χ1) is 19.8. The number of imidazole rings is 1. The van der Waals surface area contributed by atoms with E-state index in [4.69, 9.17) is 9.47 Å². The summed E-state index contributed by atoms with van der Waals surface area (Å²) in [5.41, 5.74) is 0.588. The molecule has 220 valence electrons. The first-order valence-electron chi connectivity index (χ1n) is 13.8. The molecule has 3 atom stereocenters. The van der Waals surface area contributed by atoms with Gasteiger partial charge in [0.05, 0.1) is 31.3 Å². The summed E-state index contributed by atoms with van der Waals surface area (Å²) in [6.45, 7) is 1.53. The molecular weight excluding hydrogens is 539 g/mol. The third-order valence-corrected chi connectivity index (χ3v) is 7.89. The molecule has 1 aromatic carbocycles. The van der Waals surface area contributed by atoms with Gasteiger partial charge in [-0.15, -0.1) is 0 Å². The highest BCUT2D eigenvalue weighted by Crippen LogP contribution is 2.41. The Morgan fingerprint density at radius 3 is 2.78 bits per heavy atom. The maximum atomic E-state index is 14.1. The number of aromatic nitrogens is 3. The highest BCUT2D eigenvalue weighted by molar-refractivity contribution is 5.98. The Kier molecular flexibility index (Phi) is 8.91. The number of ether oxygens (including phenoxy) is 2. The molecule has 5 rings (SSSR count). The molecule has 3 aromatic rings. The standard InChI is InChI=1S/C29H34F3N5O4/c1-40-17-29(39)11-6-5-9-23(29)37-18-34-24(25(37)19-7-3-2-4-8-19)28(38)36-13-12-33-16-20(36)10-14-41-27-22(31)15-21(30)26(32)35-27/h2-4,7-8,15,18,20,23,33,39H,5-6,9-14,16-17H2,1H3/t20-,23-,29-/m1/s1.